The molecule has 0 radical (unpaired) electrons. The molecule has 102 valence electrons. The lowest BCUT2D eigenvalue weighted by molar-refractivity contribution is 0.288. The molecule has 0 amide bonds. The molecule has 2 heterocycles. The minimum Gasteiger partial charge on any atom is -0.329 e. The molecule has 1 aromatic heterocycles. The smallest absolute Gasteiger partial charge is 0.197 e. The van der Waals surface area contributed by atoms with Gasteiger partial charge < -0.3 is 14.9 Å². The molecule has 1 fully saturated rings. The molecule has 0 bridgehead atoms. The van der Waals surface area contributed by atoms with Gasteiger partial charge in [0.15, 0.2) is 4.77 Å². The van der Waals surface area contributed by atoms with Crippen molar-refractivity contribution in [2.45, 2.75) is 6.92 Å². The molecule has 6 heteroatoms. The van der Waals surface area contributed by atoms with E-state index in [1.165, 1.54) is 6.07 Å². The van der Waals surface area contributed by atoms with E-state index in [0.717, 1.165) is 37.2 Å². The first kappa shape index (κ1) is 12.6. The first-order valence-electron chi connectivity index (χ1n) is 6.41. The third-order valence-electron chi connectivity index (χ3n) is 3.70. The van der Waals surface area contributed by atoms with Gasteiger partial charge in [-0.25, -0.2) is 9.07 Å². The normalized spacial score (nSPS) is 17.3. The van der Waals surface area contributed by atoms with Crippen molar-refractivity contribution in [1.29, 1.82) is 0 Å². The van der Waals surface area contributed by atoms with Crippen LogP contribution in [0.2, 0.25) is 0 Å². The maximum atomic E-state index is 13.6. The molecule has 3 rings (SSSR count). The monoisotopic (exact) mass is 280 g/mol. The van der Waals surface area contributed by atoms with Crippen LogP contribution in [0.25, 0.3) is 11.0 Å². The van der Waals surface area contributed by atoms with Crippen molar-refractivity contribution in [3.63, 3.8) is 0 Å². The Balaban J connectivity index is 2.10. The highest BCUT2D eigenvalue weighted by atomic mass is 32.1. The molecule has 1 N–H and O–H groups in total. The largest absolute Gasteiger partial charge is 0.329 e. The number of piperazine rings is 1. The van der Waals surface area contributed by atoms with Gasteiger partial charge in [-0.15, -0.1) is 0 Å². The highest BCUT2D eigenvalue weighted by Gasteiger charge is 2.17. The third-order valence-corrected chi connectivity index (χ3v) is 3.98. The van der Waals surface area contributed by atoms with E-state index in [4.69, 9.17) is 12.2 Å². The van der Waals surface area contributed by atoms with E-state index >= 15 is 0 Å². The van der Waals surface area contributed by atoms with Crippen LogP contribution < -0.4 is 5.01 Å². The number of hydrogen-bond acceptors (Lipinski definition) is 3. The van der Waals surface area contributed by atoms with Crippen LogP contribution in [0.4, 0.5) is 4.39 Å². The van der Waals surface area contributed by atoms with Crippen molar-refractivity contribution in [3.8, 4) is 0 Å². The highest BCUT2D eigenvalue weighted by Crippen LogP contribution is 2.19. The lowest BCUT2D eigenvalue weighted by Gasteiger charge is -2.34. The maximum absolute atomic E-state index is 13.6. The van der Waals surface area contributed by atoms with Gasteiger partial charge in [0.25, 0.3) is 0 Å². The molecule has 1 aliphatic heterocycles. The molecular weight excluding hydrogens is 263 g/mol. The Morgan fingerprint density at radius 3 is 2.58 bits per heavy atom. The molecule has 4 nitrogen and oxygen atoms in total. The Morgan fingerprint density at radius 2 is 1.89 bits per heavy atom. The lowest BCUT2D eigenvalue weighted by Crippen LogP contribution is -2.49. The summed E-state index contributed by atoms with van der Waals surface area (Å²) in [6.07, 6.45) is 0. The van der Waals surface area contributed by atoms with Gasteiger partial charge in [-0.05, 0) is 43.9 Å². The van der Waals surface area contributed by atoms with Crippen LogP contribution >= 0.6 is 12.2 Å². The number of benzene rings is 1. The number of likely N-dealkylation sites (N-methyl/N-ethyl adjacent to an activating group) is 1. The average Bonchev–Trinajstić information content (AvgIpc) is 2.67. The van der Waals surface area contributed by atoms with Crippen LogP contribution in [-0.4, -0.2) is 47.8 Å². The van der Waals surface area contributed by atoms with Gasteiger partial charge in [0.1, 0.15) is 5.82 Å². The number of H-pyrrole nitrogens is 1. The third kappa shape index (κ3) is 2.15. The molecule has 1 aliphatic rings. The Kier molecular flexibility index (Phi) is 3.06. The minimum absolute atomic E-state index is 0.200. The minimum atomic E-state index is -0.200. The van der Waals surface area contributed by atoms with Crippen LogP contribution in [0.5, 0.6) is 0 Å². The van der Waals surface area contributed by atoms with Crippen LogP contribution in [0.1, 0.15) is 5.56 Å². The number of imidazole rings is 1. The zero-order chi connectivity index (χ0) is 13.6. The van der Waals surface area contributed by atoms with Crippen molar-refractivity contribution in [3.05, 3.63) is 28.3 Å². The Hall–Kier alpha value is -1.40. The Labute approximate surface area is 116 Å². The predicted molar refractivity (Wildman–Crippen MR) is 77.3 cm³/mol. The number of aromatic nitrogens is 2. The molecule has 0 atom stereocenters. The topological polar surface area (TPSA) is 27.2 Å². The fraction of sp³-hybridized carbons (Fsp3) is 0.462. The van der Waals surface area contributed by atoms with Crippen LogP contribution in [0.15, 0.2) is 12.1 Å². The second kappa shape index (κ2) is 4.61. The summed E-state index contributed by atoms with van der Waals surface area (Å²) >= 11 is 5.38. The fourth-order valence-electron chi connectivity index (χ4n) is 2.50. The number of nitrogens with zero attached hydrogens (tertiary/aromatic N) is 3. The van der Waals surface area contributed by atoms with Crippen molar-refractivity contribution >= 4 is 23.3 Å². The van der Waals surface area contributed by atoms with Gasteiger partial charge >= 0.3 is 0 Å². The predicted octanol–water partition coefficient (Wildman–Crippen LogP) is 2.03. The molecule has 2 aromatic rings. The molecule has 0 saturated carbocycles. The summed E-state index contributed by atoms with van der Waals surface area (Å²) in [6.45, 7) is 5.64. The lowest BCUT2D eigenvalue weighted by atomic mass is 10.2. The van der Waals surface area contributed by atoms with E-state index in [0.29, 0.717) is 10.3 Å². The van der Waals surface area contributed by atoms with Crippen LogP contribution in [0, 0.1) is 17.5 Å². The van der Waals surface area contributed by atoms with E-state index in [1.807, 2.05) is 10.7 Å². The van der Waals surface area contributed by atoms with Crippen LogP contribution in [0.3, 0.4) is 0 Å². The van der Waals surface area contributed by atoms with E-state index in [1.54, 1.807) is 6.92 Å². The Morgan fingerprint density at radius 1 is 1.21 bits per heavy atom. The van der Waals surface area contributed by atoms with Gasteiger partial charge in [-0.2, -0.15) is 0 Å². The second-order valence-electron chi connectivity index (χ2n) is 5.12. The zero-order valence-corrected chi connectivity index (χ0v) is 11.9. The molecule has 0 spiro atoms. The number of fused-ring (bicyclic) bond motifs is 1. The summed E-state index contributed by atoms with van der Waals surface area (Å²) in [5, 5.41) is 2.22. The van der Waals surface area contributed by atoms with E-state index in [9.17, 15) is 4.39 Å². The summed E-state index contributed by atoms with van der Waals surface area (Å²) in [5.41, 5.74) is 2.35. The van der Waals surface area contributed by atoms with Crippen LogP contribution in [-0.2, 0) is 0 Å². The summed E-state index contributed by atoms with van der Waals surface area (Å²) in [6, 6.07) is 3.38. The van der Waals surface area contributed by atoms with Gasteiger partial charge in [0.05, 0.1) is 11.0 Å². The standard InChI is InChI=1S/C13H17FN4S/c1-9-7-12-11(8-10(9)14)15-13(19)18(12)17-5-3-16(2)4-6-17/h7-8H,3-6H2,1-2H3,(H,15,19). The summed E-state index contributed by atoms with van der Waals surface area (Å²) in [4.78, 5) is 5.38. The first-order chi connectivity index (χ1) is 9.06. The SMILES string of the molecule is Cc1cc2c(cc1F)[nH]c(=S)n2N1CCN(C)CC1. The van der Waals surface area contributed by atoms with Gasteiger partial charge in [0.2, 0.25) is 0 Å². The number of aryl methyl sites for hydroxylation is 1. The first-order valence-corrected chi connectivity index (χ1v) is 6.82. The summed E-state index contributed by atoms with van der Waals surface area (Å²) in [5.74, 6) is -0.200. The Bertz CT molecular complexity index is 667. The summed E-state index contributed by atoms with van der Waals surface area (Å²) < 4.78 is 16.2. The van der Waals surface area contributed by atoms with Gasteiger partial charge in [-0.1, -0.05) is 0 Å². The summed E-state index contributed by atoms with van der Waals surface area (Å²) in [7, 11) is 2.12. The quantitative estimate of drug-likeness (QED) is 0.810. The van der Waals surface area contributed by atoms with E-state index in [2.05, 4.69) is 21.9 Å². The molecular formula is C13H17FN4S. The van der Waals surface area contributed by atoms with E-state index in [-0.39, 0.29) is 5.82 Å². The molecule has 0 unspecified atom stereocenters. The number of aromatic amines is 1. The molecule has 1 aromatic carbocycles. The molecule has 19 heavy (non-hydrogen) atoms. The number of hydrogen-bond donors (Lipinski definition) is 1. The number of nitrogens with one attached hydrogen (secondary N) is 1. The van der Waals surface area contributed by atoms with Crippen molar-refractivity contribution in [1.82, 2.24) is 14.6 Å². The van der Waals surface area contributed by atoms with Crippen molar-refractivity contribution in [2.24, 2.45) is 0 Å². The maximum Gasteiger partial charge on any atom is 0.197 e. The number of halogens is 1. The van der Waals surface area contributed by atoms with Crippen molar-refractivity contribution < 1.29 is 4.39 Å². The zero-order valence-electron chi connectivity index (χ0n) is 11.1. The van der Waals surface area contributed by atoms with E-state index < -0.39 is 0 Å². The highest BCUT2D eigenvalue weighted by molar-refractivity contribution is 7.71. The molecule has 1 saturated heterocycles. The average molecular weight is 280 g/mol. The van der Waals surface area contributed by atoms with Gasteiger partial charge in [-0.3, -0.25) is 0 Å². The fourth-order valence-corrected chi connectivity index (χ4v) is 2.82. The number of rotatable bonds is 1. The molecule has 0 aliphatic carbocycles. The second-order valence-corrected chi connectivity index (χ2v) is 5.50. The van der Waals surface area contributed by atoms with Gasteiger partial charge in [0, 0.05) is 26.2 Å². The van der Waals surface area contributed by atoms with Crippen molar-refractivity contribution in [2.75, 3.05) is 38.2 Å².